The van der Waals surface area contributed by atoms with E-state index in [0.717, 1.165) is 27.7 Å². The van der Waals surface area contributed by atoms with Gasteiger partial charge < -0.3 is 10.3 Å². The molecule has 1 amide bonds. The Morgan fingerprint density at radius 2 is 2.13 bits per heavy atom. The number of rotatable bonds is 4. The van der Waals surface area contributed by atoms with Gasteiger partial charge in [0.15, 0.2) is 0 Å². The zero-order chi connectivity index (χ0) is 16.6. The van der Waals surface area contributed by atoms with Crippen LogP contribution in [0.25, 0.3) is 11.4 Å². The van der Waals surface area contributed by atoms with E-state index in [1.165, 1.54) is 23.5 Å². The number of aryl methyl sites for hydroxylation is 1. The summed E-state index contributed by atoms with van der Waals surface area (Å²) in [5, 5.41) is 2.88. The van der Waals surface area contributed by atoms with E-state index in [4.69, 9.17) is 5.73 Å². The monoisotopic (exact) mass is 329 g/mol. The van der Waals surface area contributed by atoms with Crippen molar-refractivity contribution < 1.29 is 9.18 Å². The number of amides is 1. The summed E-state index contributed by atoms with van der Waals surface area (Å²) in [6, 6.07) is 8.17. The van der Waals surface area contributed by atoms with E-state index >= 15 is 0 Å². The highest BCUT2D eigenvalue weighted by Crippen LogP contribution is 2.28. The molecule has 0 aliphatic rings. The molecular formula is C17H16FN3OS. The van der Waals surface area contributed by atoms with Gasteiger partial charge in [0.25, 0.3) is 5.91 Å². The van der Waals surface area contributed by atoms with Gasteiger partial charge in [0.1, 0.15) is 5.82 Å². The molecule has 1 aromatic carbocycles. The molecule has 4 nitrogen and oxygen atoms in total. The zero-order valence-corrected chi connectivity index (χ0v) is 13.7. The highest BCUT2D eigenvalue weighted by Gasteiger charge is 2.18. The van der Waals surface area contributed by atoms with Gasteiger partial charge in [-0.05, 0) is 37.6 Å². The van der Waals surface area contributed by atoms with Crippen LogP contribution in [0.1, 0.15) is 26.6 Å². The Hall–Kier alpha value is -2.47. The summed E-state index contributed by atoms with van der Waals surface area (Å²) < 4.78 is 15.4. The lowest BCUT2D eigenvalue weighted by molar-refractivity contribution is 0.0999. The molecule has 2 aromatic heterocycles. The highest BCUT2D eigenvalue weighted by atomic mass is 32.1. The van der Waals surface area contributed by atoms with Crippen molar-refractivity contribution in [1.29, 1.82) is 0 Å². The van der Waals surface area contributed by atoms with Crippen LogP contribution in [0.2, 0.25) is 0 Å². The molecule has 23 heavy (non-hydrogen) atoms. The maximum atomic E-state index is 13.4. The highest BCUT2D eigenvalue weighted by molar-refractivity contribution is 7.09. The maximum absolute atomic E-state index is 13.4. The van der Waals surface area contributed by atoms with Crippen LogP contribution < -0.4 is 5.73 Å². The predicted octanol–water partition coefficient (Wildman–Crippen LogP) is 3.51. The molecule has 0 saturated heterocycles. The number of benzene rings is 1. The average molecular weight is 329 g/mol. The van der Waals surface area contributed by atoms with Crippen LogP contribution >= 0.6 is 11.3 Å². The van der Waals surface area contributed by atoms with Gasteiger partial charge >= 0.3 is 0 Å². The van der Waals surface area contributed by atoms with Crippen molar-refractivity contribution in [2.24, 2.45) is 5.73 Å². The molecule has 0 aliphatic heterocycles. The van der Waals surface area contributed by atoms with Crippen molar-refractivity contribution in [1.82, 2.24) is 9.55 Å². The number of hydrogen-bond donors (Lipinski definition) is 1. The normalized spacial score (nSPS) is 10.9. The Kier molecular flexibility index (Phi) is 4.00. The Morgan fingerprint density at radius 3 is 2.74 bits per heavy atom. The van der Waals surface area contributed by atoms with E-state index in [1.54, 1.807) is 12.1 Å². The van der Waals surface area contributed by atoms with Gasteiger partial charge in [-0.25, -0.2) is 9.37 Å². The summed E-state index contributed by atoms with van der Waals surface area (Å²) in [7, 11) is 0. The molecule has 0 spiro atoms. The molecule has 118 valence electrons. The summed E-state index contributed by atoms with van der Waals surface area (Å²) in [5.41, 5.74) is 9.09. The topological polar surface area (TPSA) is 60.9 Å². The van der Waals surface area contributed by atoms with Crippen LogP contribution in [-0.2, 0) is 6.54 Å². The largest absolute Gasteiger partial charge is 0.366 e. The van der Waals surface area contributed by atoms with E-state index in [2.05, 4.69) is 4.98 Å². The fourth-order valence-corrected chi connectivity index (χ4v) is 3.22. The minimum absolute atomic E-state index is 0.284. The summed E-state index contributed by atoms with van der Waals surface area (Å²) in [6.45, 7) is 4.21. The molecule has 3 rings (SSSR count). The molecule has 0 bridgehead atoms. The van der Waals surface area contributed by atoms with Crippen molar-refractivity contribution in [2.75, 3.05) is 0 Å². The Morgan fingerprint density at radius 1 is 1.35 bits per heavy atom. The molecule has 0 fully saturated rings. The number of hydrogen-bond acceptors (Lipinski definition) is 3. The summed E-state index contributed by atoms with van der Waals surface area (Å²) in [5.74, 6) is -0.762. The SMILES string of the molecule is Cc1nc(-c2cc(C(N)=O)c(C)n2Cc2cccc(F)c2)cs1. The smallest absolute Gasteiger partial charge is 0.250 e. The van der Waals surface area contributed by atoms with E-state index in [0.29, 0.717) is 12.1 Å². The van der Waals surface area contributed by atoms with E-state index in [9.17, 15) is 9.18 Å². The van der Waals surface area contributed by atoms with E-state index in [-0.39, 0.29) is 5.82 Å². The molecule has 3 aromatic rings. The minimum atomic E-state index is -0.478. The number of nitrogens with zero attached hydrogens (tertiary/aromatic N) is 2. The third-order valence-electron chi connectivity index (χ3n) is 3.74. The molecule has 6 heteroatoms. The van der Waals surface area contributed by atoms with Crippen LogP contribution in [0, 0.1) is 19.7 Å². The number of halogens is 1. The quantitative estimate of drug-likeness (QED) is 0.796. The second-order valence-corrected chi connectivity index (χ2v) is 6.42. The first-order valence-corrected chi connectivity index (χ1v) is 8.00. The Bertz CT molecular complexity index is 882. The number of thiazole rings is 1. The lowest BCUT2D eigenvalue weighted by atomic mass is 10.2. The van der Waals surface area contributed by atoms with Gasteiger partial charge in [0, 0.05) is 17.6 Å². The summed E-state index contributed by atoms with van der Waals surface area (Å²) in [6.07, 6.45) is 0. The molecule has 0 aliphatic carbocycles. The standard InChI is InChI=1S/C17H16FN3OS/c1-10-14(17(19)22)7-16(15-9-23-11(2)20-15)21(10)8-12-4-3-5-13(18)6-12/h3-7,9H,8H2,1-2H3,(H2,19,22). The Balaban J connectivity index is 2.11. The number of aromatic nitrogens is 2. The van der Waals surface area contributed by atoms with Crippen molar-refractivity contribution in [3.63, 3.8) is 0 Å². The van der Waals surface area contributed by atoms with Crippen molar-refractivity contribution in [2.45, 2.75) is 20.4 Å². The summed E-state index contributed by atoms with van der Waals surface area (Å²) in [4.78, 5) is 16.1. The van der Waals surface area contributed by atoms with Crippen molar-refractivity contribution in [3.8, 4) is 11.4 Å². The van der Waals surface area contributed by atoms with E-state index < -0.39 is 5.91 Å². The number of carbonyl (C=O) groups is 1. The van der Waals surface area contributed by atoms with Crippen LogP contribution in [0.15, 0.2) is 35.7 Å². The predicted molar refractivity (Wildman–Crippen MR) is 89.0 cm³/mol. The van der Waals surface area contributed by atoms with Crippen LogP contribution in [0.4, 0.5) is 4.39 Å². The molecular weight excluding hydrogens is 313 g/mol. The first-order valence-electron chi connectivity index (χ1n) is 7.12. The average Bonchev–Trinajstić information content (AvgIpc) is 3.04. The third kappa shape index (κ3) is 3.03. The van der Waals surface area contributed by atoms with Gasteiger partial charge in [-0.15, -0.1) is 11.3 Å². The third-order valence-corrected chi connectivity index (χ3v) is 4.52. The lowest BCUT2D eigenvalue weighted by Crippen LogP contribution is -2.12. The fourth-order valence-electron chi connectivity index (χ4n) is 2.61. The summed E-state index contributed by atoms with van der Waals surface area (Å²) >= 11 is 1.54. The van der Waals surface area contributed by atoms with Crippen LogP contribution in [0.5, 0.6) is 0 Å². The number of nitrogens with two attached hydrogens (primary N) is 1. The first-order chi connectivity index (χ1) is 11.0. The van der Waals surface area contributed by atoms with Gasteiger partial charge in [-0.1, -0.05) is 12.1 Å². The molecule has 0 atom stereocenters. The minimum Gasteiger partial charge on any atom is -0.366 e. The fraction of sp³-hybridized carbons (Fsp3) is 0.176. The van der Waals surface area contributed by atoms with E-state index in [1.807, 2.05) is 29.9 Å². The van der Waals surface area contributed by atoms with Crippen molar-refractivity contribution >= 4 is 17.2 Å². The van der Waals surface area contributed by atoms with Crippen LogP contribution in [0.3, 0.4) is 0 Å². The van der Waals surface area contributed by atoms with Gasteiger partial charge in [0.05, 0.1) is 22.0 Å². The van der Waals surface area contributed by atoms with Crippen LogP contribution in [-0.4, -0.2) is 15.5 Å². The second-order valence-electron chi connectivity index (χ2n) is 5.36. The molecule has 0 unspecified atom stereocenters. The lowest BCUT2D eigenvalue weighted by Gasteiger charge is -2.11. The maximum Gasteiger partial charge on any atom is 0.250 e. The van der Waals surface area contributed by atoms with Gasteiger partial charge in [0.2, 0.25) is 0 Å². The molecule has 2 heterocycles. The molecule has 2 N–H and O–H groups in total. The number of carbonyl (C=O) groups excluding carboxylic acids is 1. The number of primary amides is 1. The van der Waals surface area contributed by atoms with Crippen molar-refractivity contribution in [3.05, 3.63) is 63.4 Å². The molecule has 0 saturated carbocycles. The van der Waals surface area contributed by atoms with Gasteiger partial charge in [-0.2, -0.15) is 0 Å². The van der Waals surface area contributed by atoms with Gasteiger partial charge in [-0.3, -0.25) is 4.79 Å². The second kappa shape index (κ2) is 5.96. The molecule has 0 radical (unpaired) electrons. The zero-order valence-electron chi connectivity index (χ0n) is 12.8. The Labute approximate surface area is 137 Å². The first kappa shape index (κ1) is 15.4.